The summed E-state index contributed by atoms with van der Waals surface area (Å²) in [6, 6.07) is 8.55. The molecular formula is C16H21N3O2. The first-order chi connectivity index (χ1) is 10.2. The molecule has 5 heteroatoms. The van der Waals surface area contributed by atoms with Crippen LogP contribution in [0.4, 0.5) is 10.5 Å². The van der Waals surface area contributed by atoms with Crippen LogP contribution in [0, 0.1) is 17.2 Å². The monoisotopic (exact) mass is 287 g/mol. The highest BCUT2D eigenvalue weighted by atomic mass is 16.5. The van der Waals surface area contributed by atoms with Crippen LogP contribution in [0.3, 0.4) is 0 Å². The van der Waals surface area contributed by atoms with E-state index in [-0.39, 0.29) is 11.9 Å². The summed E-state index contributed by atoms with van der Waals surface area (Å²) in [5.74, 6) is 1.00. The SMILES string of the molecule is COc1ccc(NC(=O)NC(C#N)C2CCCCC2)cc1. The molecule has 1 aromatic carbocycles. The normalized spacial score (nSPS) is 16.6. The van der Waals surface area contributed by atoms with Gasteiger partial charge in [-0.15, -0.1) is 0 Å². The third-order valence-corrected chi connectivity index (χ3v) is 3.89. The van der Waals surface area contributed by atoms with E-state index >= 15 is 0 Å². The number of methoxy groups -OCH3 is 1. The lowest BCUT2D eigenvalue weighted by molar-refractivity contribution is 0.241. The number of urea groups is 1. The molecular weight excluding hydrogens is 266 g/mol. The Labute approximate surface area is 125 Å². The molecule has 1 fully saturated rings. The van der Waals surface area contributed by atoms with Gasteiger partial charge in [-0.25, -0.2) is 4.79 Å². The van der Waals surface area contributed by atoms with Crippen molar-refractivity contribution >= 4 is 11.7 Å². The van der Waals surface area contributed by atoms with Crippen molar-refractivity contribution in [2.24, 2.45) is 5.92 Å². The lowest BCUT2D eigenvalue weighted by Gasteiger charge is -2.26. The summed E-state index contributed by atoms with van der Waals surface area (Å²) < 4.78 is 5.06. The van der Waals surface area contributed by atoms with Gasteiger partial charge in [0.15, 0.2) is 0 Å². The van der Waals surface area contributed by atoms with Gasteiger partial charge in [0, 0.05) is 5.69 Å². The van der Waals surface area contributed by atoms with Crippen LogP contribution in [0.1, 0.15) is 32.1 Å². The molecule has 0 saturated heterocycles. The van der Waals surface area contributed by atoms with E-state index in [1.165, 1.54) is 6.42 Å². The number of ether oxygens (including phenoxy) is 1. The minimum absolute atomic E-state index is 0.269. The molecule has 21 heavy (non-hydrogen) atoms. The number of hydrogen-bond acceptors (Lipinski definition) is 3. The van der Waals surface area contributed by atoms with Crippen molar-refractivity contribution in [3.8, 4) is 11.8 Å². The Hall–Kier alpha value is -2.22. The van der Waals surface area contributed by atoms with E-state index in [0.29, 0.717) is 5.69 Å². The van der Waals surface area contributed by atoms with Gasteiger partial charge in [-0.05, 0) is 43.0 Å². The number of hydrogen-bond donors (Lipinski definition) is 2. The topological polar surface area (TPSA) is 74.2 Å². The maximum absolute atomic E-state index is 12.0. The molecule has 2 rings (SSSR count). The predicted molar refractivity (Wildman–Crippen MR) is 81.1 cm³/mol. The molecule has 112 valence electrons. The molecule has 1 atom stereocenters. The van der Waals surface area contributed by atoms with Gasteiger partial charge in [0.25, 0.3) is 0 Å². The number of benzene rings is 1. The molecule has 0 spiro atoms. The number of nitriles is 1. The largest absolute Gasteiger partial charge is 0.497 e. The first-order valence-corrected chi connectivity index (χ1v) is 7.34. The van der Waals surface area contributed by atoms with Gasteiger partial charge < -0.3 is 15.4 Å². The third kappa shape index (κ3) is 4.38. The smallest absolute Gasteiger partial charge is 0.320 e. The standard InChI is InChI=1S/C16H21N3O2/c1-21-14-9-7-13(8-10-14)18-16(20)19-15(11-17)12-5-3-2-4-6-12/h7-10,12,15H,2-6H2,1H3,(H2,18,19,20). The van der Waals surface area contributed by atoms with Gasteiger partial charge >= 0.3 is 6.03 Å². The van der Waals surface area contributed by atoms with Gasteiger partial charge in [-0.1, -0.05) is 19.3 Å². The number of nitrogens with zero attached hydrogens (tertiary/aromatic N) is 1. The minimum atomic E-state index is -0.413. The molecule has 0 bridgehead atoms. The summed E-state index contributed by atoms with van der Waals surface area (Å²) in [4.78, 5) is 12.0. The van der Waals surface area contributed by atoms with E-state index in [1.807, 2.05) is 0 Å². The van der Waals surface area contributed by atoms with E-state index in [1.54, 1.807) is 31.4 Å². The van der Waals surface area contributed by atoms with Crippen LogP contribution in [0.2, 0.25) is 0 Å². The average Bonchev–Trinajstić information content (AvgIpc) is 2.54. The fourth-order valence-corrected chi connectivity index (χ4v) is 2.71. The predicted octanol–water partition coefficient (Wildman–Crippen LogP) is 3.29. The Morgan fingerprint density at radius 2 is 1.95 bits per heavy atom. The lowest BCUT2D eigenvalue weighted by Crippen LogP contribution is -2.42. The second-order valence-corrected chi connectivity index (χ2v) is 5.33. The summed E-state index contributed by atoms with van der Waals surface area (Å²) in [7, 11) is 1.59. The molecule has 0 heterocycles. The highest BCUT2D eigenvalue weighted by Crippen LogP contribution is 2.26. The highest BCUT2D eigenvalue weighted by molar-refractivity contribution is 5.89. The molecule has 1 unspecified atom stereocenters. The van der Waals surface area contributed by atoms with Crippen molar-refractivity contribution in [2.45, 2.75) is 38.1 Å². The fraction of sp³-hybridized carbons (Fsp3) is 0.500. The molecule has 0 radical (unpaired) electrons. The van der Waals surface area contributed by atoms with Crippen LogP contribution < -0.4 is 15.4 Å². The van der Waals surface area contributed by atoms with E-state index in [0.717, 1.165) is 31.4 Å². The first kappa shape index (κ1) is 15.2. The first-order valence-electron chi connectivity index (χ1n) is 7.34. The second kappa shape index (κ2) is 7.53. The van der Waals surface area contributed by atoms with Gasteiger partial charge in [0.05, 0.1) is 13.2 Å². The number of nitrogens with one attached hydrogen (secondary N) is 2. The highest BCUT2D eigenvalue weighted by Gasteiger charge is 2.24. The Morgan fingerprint density at radius 1 is 1.29 bits per heavy atom. The molecule has 0 aromatic heterocycles. The number of anilines is 1. The zero-order valence-corrected chi connectivity index (χ0v) is 12.3. The Bertz CT molecular complexity index is 501. The molecule has 1 aromatic rings. The summed E-state index contributed by atoms with van der Waals surface area (Å²) in [6.45, 7) is 0. The van der Waals surface area contributed by atoms with Crippen molar-refractivity contribution in [1.82, 2.24) is 5.32 Å². The van der Waals surface area contributed by atoms with Gasteiger partial charge in [0.1, 0.15) is 11.8 Å². The van der Waals surface area contributed by atoms with E-state index in [9.17, 15) is 10.1 Å². The summed E-state index contributed by atoms with van der Waals surface area (Å²) in [5.41, 5.74) is 0.675. The summed E-state index contributed by atoms with van der Waals surface area (Å²) in [6.07, 6.45) is 5.55. The Kier molecular flexibility index (Phi) is 5.44. The van der Waals surface area contributed by atoms with E-state index < -0.39 is 6.04 Å². The summed E-state index contributed by atoms with van der Waals surface area (Å²) >= 11 is 0. The lowest BCUT2D eigenvalue weighted by atomic mass is 9.84. The third-order valence-electron chi connectivity index (χ3n) is 3.89. The van der Waals surface area contributed by atoms with Crippen LogP contribution in [0.25, 0.3) is 0 Å². The Morgan fingerprint density at radius 3 is 2.52 bits per heavy atom. The molecule has 1 saturated carbocycles. The van der Waals surface area contributed by atoms with Gasteiger partial charge in [0.2, 0.25) is 0 Å². The zero-order chi connectivity index (χ0) is 15.1. The van der Waals surface area contributed by atoms with Gasteiger partial charge in [-0.2, -0.15) is 5.26 Å². The molecule has 1 aliphatic carbocycles. The van der Waals surface area contributed by atoms with Crippen LogP contribution in [0.15, 0.2) is 24.3 Å². The molecule has 2 N–H and O–H groups in total. The van der Waals surface area contributed by atoms with Crippen molar-refractivity contribution in [2.75, 3.05) is 12.4 Å². The zero-order valence-electron chi connectivity index (χ0n) is 12.3. The molecule has 1 aliphatic rings. The van der Waals surface area contributed by atoms with Crippen molar-refractivity contribution in [3.63, 3.8) is 0 Å². The van der Waals surface area contributed by atoms with Crippen LogP contribution in [-0.2, 0) is 0 Å². The van der Waals surface area contributed by atoms with Crippen molar-refractivity contribution in [1.29, 1.82) is 5.26 Å². The number of carbonyl (C=O) groups excluding carboxylic acids is 1. The Balaban J connectivity index is 1.88. The fourth-order valence-electron chi connectivity index (χ4n) is 2.71. The van der Waals surface area contributed by atoms with Crippen molar-refractivity contribution in [3.05, 3.63) is 24.3 Å². The molecule has 2 amide bonds. The molecule has 0 aliphatic heterocycles. The van der Waals surface area contributed by atoms with Crippen LogP contribution >= 0.6 is 0 Å². The molecule has 5 nitrogen and oxygen atoms in total. The van der Waals surface area contributed by atoms with Crippen LogP contribution in [0.5, 0.6) is 5.75 Å². The van der Waals surface area contributed by atoms with Crippen molar-refractivity contribution < 1.29 is 9.53 Å². The summed E-state index contributed by atoms with van der Waals surface area (Å²) in [5, 5.41) is 14.8. The minimum Gasteiger partial charge on any atom is -0.497 e. The number of rotatable bonds is 4. The maximum atomic E-state index is 12.0. The van der Waals surface area contributed by atoms with E-state index in [4.69, 9.17) is 4.74 Å². The van der Waals surface area contributed by atoms with Crippen LogP contribution in [-0.4, -0.2) is 19.2 Å². The quantitative estimate of drug-likeness (QED) is 0.892. The average molecular weight is 287 g/mol. The van der Waals surface area contributed by atoms with E-state index in [2.05, 4.69) is 16.7 Å². The number of amides is 2. The second-order valence-electron chi connectivity index (χ2n) is 5.33. The van der Waals surface area contributed by atoms with Gasteiger partial charge in [-0.3, -0.25) is 0 Å². The number of carbonyl (C=O) groups is 1. The maximum Gasteiger partial charge on any atom is 0.320 e.